The molecule has 3 rings (SSSR count). The van der Waals surface area contributed by atoms with E-state index < -0.39 is 0 Å². The zero-order valence-corrected chi connectivity index (χ0v) is 19.0. The minimum atomic E-state index is -0.323. The third-order valence-corrected chi connectivity index (χ3v) is 4.83. The van der Waals surface area contributed by atoms with E-state index in [2.05, 4.69) is 31.4 Å². The first-order valence-electron chi connectivity index (χ1n) is 10.7. The molecule has 3 aromatic rings. The van der Waals surface area contributed by atoms with E-state index in [9.17, 15) is 9.59 Å². The number of aromatic nitrogens is 2. The predicted molar refractivity (Wildman–Crippen MR) is 125 cm³/mol. The number of carbonyl (C=O) groups is 2. The summed E-state index contributed by atoms with van der Waals surface area (Å²) in [7, 11) is 0. The molecule has 2 amide bonds. The molecule has 0 aliphatic heterocycles. The highest BCUT2D eigenvalue weighted by molar-refractivity contribution is 5.99. The first-order chi connectivity index (χ1) is 15.3. The third kappa shape index (κ3) is 6.20. The lowest BCUT2D eigenvalue weighted by atomic mass is 9.92. The fraction of sp³-hybridized carbons (Fsp3) is 0.320. The second kappa shape index (κ2) is 10.1. The second-order valence-corrected chi connectivity index (χ2v) is 8.50. The molecule has 0 aliphatic rings. The van der Waals surface area contributed by atoms with Gasteiger partial charge >= 0.3 is 0 Å². The number of rotatable bonds is 8. The zero-order chi connectivity index (χ0) is 23.1. The standard InChI is InChI=1S/C25H30N4O3/c1-5-32-20-13-11-19(12-14-20)24(31)26-16-23(30)27-22-15-21(25(2,3)4)28-29(22)17-18-9-7-6-8-10-18/h6-15H,5,16-17H2,1-4H3,(H,26,31)(H,27,30). The number of hydrogen-bond acceptors (Lipinski definition) is 4. The maximum absolute atomic E-state index is 12.6. The summed E-state index contributed by atoms with van der Waals surface area (Å²) in [5.74, 6) is 0.651. The number of ether oxygens (including phenoxy) is 1. The second-order valence-electron chi connectivity index (χ2n) is 8.50. The van der Waals surface area contributed by atoms with Gasteiger partial charge in [0.05, 0.1) is 25.4 Å². The summed E-state index contributed by atoms with van der Waals surface area (Å²) >= 11 is 0. The summed E-state index contributed by atoms with van der Waals surface area (Å²) in [6.07, 6.45) is 0. The van der Waals surface area contributed by atoms with Crippen molar-refractivity contribution < 1.29 is 14.3 Å². The molecule has 7 heteroatoms. The van der Waals surface area contributed by atoms with Crippen molar-refractivity contribution in [2.45, 2.75) is 39.7 Å². The van der Waals surface area contributed by atoms with Gasteiger partial charge in [-0.2, -0.15) is 5.10 Å². The Hall–Kier alpha value is -3.61. The van der Waals surface area contributed by atoms with Gasteiger partial charge in [0.2, 0.25) is 5.91 Å². The Morgan fingerprint density at radius 1 is 1.03 bits per heavy atom. The van der Waals surface area contributed by atoms with Gasteiger partial charge in [-0.3, -0.25) is 9.59 Å². The van der Waals surface area contributed by atoms with Gasteiger partial charge in [-0.05, 0) is 36.8 Å². The van der Waals surface area contributed by atoms with Crippen LogP contribution < -0.4 is 15.4 Å². The normalized spacial score (nSPS) is 11.1. The van der Waals surface area contributed by atoms with Crippen LogP contribution >= 0.6 is 0 Å². The van der Waals surface area contributed by atoms with Crippen LogP contribution in [0.5, 0.6) is 5.75 Å². The highest BCUT2D eigenvalue weighted by atomic mass is 16.5. The number of benzene rings is 2. The first-order valence-corrected chi connectivity index (χ1v) is 10.7. The van der Waals surface area contributed by atoms with Gasteiger partial charge in [-0.15, -0.1) is 0 Å². The van der Waals surface area contributed by atoms with Crippen LogP contribution in [-0.2, 0) is 16.8 Å². The maximum atomic E-state index is 12.6. The smallest absolute Gasteiger partial charge is 0.251 e. The lowest BCUT2D eigenvalue weighted by molar-refractivity contribution is -0.115. The highest BCUT2D eigenvalue weighted by Crippen LogP contribution is 2.24. The molecule has 0 spiro atoms. The molecule has 7 nitrogen and oxygen atoms in total. The van der Waals surface area contributed by atoms with Crippen LogP contribution in [0.3, 0.4) is 0 Å². The Balaban J connectivity index is 1.65. The molecule has 0 fully saturated rings. The highest BCUT2D eigenvalue weighted by Gasteiger charge is 2.21. The molecular weight excluding hydrogens is 404 g/mol. The van der Waals surface area contributed by atoms with E-state index in [1.165, 1.54) is 0 Å². The summed E-state index contributed by atoms with van der Waals surface area (Å²) in [5.41, 5.74) is 2.26. The van der Waals surface area contributed by atoms with E-state index >= 15 is 0 Å². The fourth-order valence-corrected chi connectivity index (χ4v) is 3.08. The van der Waals surface area contributed by atoms with Crippen LogP contribution in [0.4, 0.5) is 5.82 Å². The Morgan fingerprint density at radius 3 is 2.34 bits per heavy atom. The number of amides is 2. The molecule has 0 atom stereocenters. The Kier molecular flexibility index (Phi) is 7.30. The van der Waals surface area contributed by atoms with Crippen LogP contribution in [0.2, 0.25) is 0 Å². The minimum absolute atomic E-state index is 0.145. The molecule has 0 radical (unpaired) electrons. The van der Waals surface area contributed by atoms with Crippen molar-refractivity contribution >= 4 is 17.6 Å². The van der Waals surface area contributed by atoms with Crippen molar-refractivity contribution in [3.63, 3.8) is 0 Å². The van der Waals surface area contributed by atoms with Gasteiger partial charge in [0.1, 0.15) is 11.6 Å². The van der Waals surface area contributed by atoms with Crippen LogP contribution in [-0.4, -0.2) is 34.7 Å². The molecule has 0 bridgehead atoms. The van der Waals surface area contributed by atoms with E-state index in [1.807, 2.05) is 43.3 Å². The van der Waals surface area contributed by atoms with Crippen LogP contribution in [0.25, 0.3) is 0 Å². The number of anilines is 1. The molecule has 1 heterocycles. The van der Waals surface area contributed by atoms with Crippen molar-refractivity contribution in [2.75, 3.05) is 18.5 Å². The summed E-state index contributed by atoms with van der Waals surface area (Å²) < 4.78 is 7.16. The van der Waals surface area contributed by atoms with E-state index in [0.717, 1.165) is 11.3 Å². The molecule has 168 valence electrons. The van der Waals surface area contributed by atoms with Crippen molar-refractivity contribution in [1.29, 1.82) is 0 Å². The molecule has 0 saturated heterocycles. The van der Waals surface area contributed by atoms with Gasteiger partial charge in [0.25, 0.3) is 5.91 Å². The van der Waals surface area contributed by atoms with Crippen LogP contribution in [0.15, 0.2) is 60.7 Å². The number of hydrogen-bond donors (Lipinski definition) is 2. The number of nitrogens with zero attached hydrogens (tertiary/aromatic N) is 2. The largest absolute Gasteiger partial charge is 0.494 e. The first kappa shape index (κ1) is 23.1. The van der Waals surface area contributed by atoms with E-state index in [1.54, 1.807) is 28.9 Å². The van der Waals surface area contributed by atoms with Gasteiger partial charge in [0.15, 0.2) is 0 Å². The third-order valence-electron chi connectivity index (χ3n) is 4.83. The van der Waals surface area contributed by atoms with E-state index in [4.69, 9.17) is 9.84 Å². The van der Waals surface area contributed by atoms with Gasteiger partial charge in [-0.25, -0.2) is 4.68 Å². The van der Waals surface area contributed by atoms with Gasteiger partial charge in [0, 0.05) is 17.0 Å². The van der Waals surface area contributed by atoms with E-state index in [0.29, 0.717) is 30.3 Å². The lowest BCUT2D eigenvalue weighted by Crippen LogP contribution is -2.33. The average molecular weight is 435 g/mol. The Bertz CT molecular complexity index is 1050. The van der Waals surface area contributed by atoms with Crippen molar-refractivity contribution in [3.05, 3.63) is 77.5 Å². The molecule has 1 aromatic heterocycles. The van der Waals surface area contributed by atoms with Crippen LogP contribution in [0, 0.1) is 0 Å². The van der Waals surface area contributed by atoms with Gasteiger partial charge < -0.3 is 15.4 Å². The topological polar surface area (TPSA) is 85.2 Å². The summed E-state index contributed by atoms with van der Waals surface area (Å²) in [6, 6.07) is 18.6. The quantitative estimate of drug-likeness (QED) is 0.561. The predicted octanol–water partition coefficient (Wildman–Crippen LogP) is 4.00. The monoisotopic (exact) mass is 434 g/mol. The molecule has 0 aliphatic carbocycles. The fourth-order valence-electron chi connectivity index (χ4n) is 3.08. The number of nitrogens with one attached hydrogen (secondary N) is 2. The summed E-state index contributed by atoms with van der Waals surface area (Å²) in [5, 5.41) is 10.2. The Morgan fingerprint density at radius 2 is 1.72 bits per heavy atom. The SMILES string of the molecule is CCOc1ccc(C(=O)NCC(=O)Nc2cc(C(C)(C)C)nn2Cc2ccccc2)cc1. The summed E-state index contributed by atoms with van der Waals surface area (Å²) in [4.78, 5) is 24.9. The molecular formula is C25H30N4O3. The minimum Gasteiger partial charge on any atom is -0.494 e. The van der Waals surface area contributed by atoms with Crippen LogP contribution in [0.1, 0.15) is 49.3 Å². The molecule has 0 unspecified atom stereocenters. The molecule has 2 N–H and O–H groups in total. The lowest BCUT2D eigenvalue weighted by Gasteiger charge is -2.14. The summed E-state index contributed by atoms with van der Waals surface area (Å²) in [6.45, 7) is 9.07. The number of carbonyl (C=O) groups excluding carboxylic acids is 2. The molecule has 0 saturated carbocycles. The maximum Gasteiger partial charge on any atom is 0.251 e. The van der Waals surface area contributed by atoms with Crippen molar-refractivity contribution in [2.24, 2.45) is 0 Å². The van der Waals surface area contributed by atoms with Crippen molar-refractivity contribution in [3.8, 4) is 5.75 Å². The Labute approximate surface area is 188 Å². The molecule has 32 heavy (non-hydrogen) atoms. The zero-order valence-electron chi connectivity index (χ0n) is 19.0. The van der Waals surface area contributed by atoms with Gasteiger partial charge in [-0.1, -0.05) is 51.1 Å². The average Bonchev–Trinajstić information content (AvgIpc) is 3.16. The van der Waals surface area contributed by atoms with Crippen molar-refractivity contribution in [1.82, 2.24) is 15.1 Å². The molecule has 2 aromatic carbocycles. The van der Waals surface area contributed by atoms with E-state index in [-0.39, 0.29) is 23.8 Å².